The van der Waals surface area contributed by atoms with Crippen molar-refractivity contribution in [3.63, 3.8) is 0 Å². The highest BCUT2D eigenvalue weighted by Gasteiger charge is 2.42. The van der Waals surface area contributed by atoms with Gasteiger partial charge in [0.25, 0.3) is 0 Å². The van der Waals surface area contributed by atoms with Crippen LogP contribution in [0.2, 0.25) is 0 Å². The standard InChI is InChI=1S/C24H30N2O3S/c27-22(14-4-10-18-8-2-1-3-9-18)25-15-6-12-20(25)24(29)26-16-5-11-19(26)23(28)21-13-7-17-30-21/h1-3,7-9,13,17,19-20,23,28H,4-6,10-12,14-16H2/t19-,20-,23?/m0/s1. The van der Waals surface area contributed by atoms with Gasteiger partial charge in [-0.05, 0) is 55.5 Å². The lowest BCUT2D eigenvalue weighted by molar-refractivity contribution is -0.145. The fourth-order valence-electron chi connectivity index (χ4n) is 4.79. The Balaban J connectivity index is 1.36. The van der Waals surface area contributed by atoms with Crippen LogP contribution in [0, 0.1) is 0 Å². The number of carbonyl (C=O) groups excluding carboxylic acids is 2. The minimum absolute atomic E-state index is 0.0158. The Labute approximate surface area is 182 Å². The summed E-state index contributed by atoms with van der Waals surface area (Å²) in [6, 6.07) is 13.5. The number of hydrogen-bond donors (Lipinski definition) is 1. The molecule has 3 atom stereocenters. The van der Waals surface area contributed by atoms with Crippen LogP contribution in [0.15, 0.2) is 47.8 Å². The van der Waals surface area contributed by atoms with Crippen LogP contribution in [0.25, 0.3) is 0 Å². The summed E-state index contributed by atoms with van der Waals surface area (Å²) >= 11 is 1.52. The van der Waals surface area contributed by atoms with Crippen LogP contribution < -0.4 is 0 Å². The third-order valence-corrected chi connectivity index (χ3v) is 7.28. The first-order valence-electron chi connectivity index (χ1n) is 11.0. The normalized spacial score (nSPS) is 22.4. The molecule has 0 aliphatic carbocycles. The van der Waals surface area contributed by atoms with E-state index >= 15 is 0 Å². The number of nitrogens with zero attached hydrogens (tertiary/aromatic N) is 2. The van der Waals surface area contributed by atoms with Crippen molar-refractivity contribution < 1.29 is 14.7 Å². The van der Waals surface area contributed by atoms with Gasteiger partial charge in [0.15, 0.2) is 0 Å². The van der Waals surface area contributed by atoms with Crippen LogP contribution in [0.4, 0.5) is 0 Å². The molecule has 1 unspecified atom stereocenters. The second-order valence-electron chi connectivity index (χ2n) is 8.29. The lowest BCUT2D eigenvalue weighted by atomic mass is 10.1. The van der Waals surface area contributed by atoms with Gasteiger partial charge in [-0.2, -0.15) is 0 Å². The fraction of sp³-hybridized carbons (Fsp3) is 0.500. The van der Waals surface area contributed by atoms with E-state index < -0.39 is 6.10 Å². The van der Waals surface area contributed by atoms with Gasteiger partial charge in [0.1, 0.15) is 12.1 Å². The zero-order valence-electron chi connectivity index (χ0n) is 17.3. The Morgan fingerprint density at radius 2 is 1.80 bits per heavy atom. The van der Waals surface area contributed by atoms with Crippen molar-refractivity contribution in [1.29, 1.82) is 0 Å². The molecule has 160 valence electrons. The van der Waals surface area contributed by atoms with Crippen molar-refractivity contribution in [3.8, 4) is 0 Å². The SMILES string of the molecule is O=C(CCCc1ccccc1)N1CCC[C@H]1C(=O)N1CCC[C@H]1C(O)c1cccs1. The molecule has 1 aromatic carbocycles. The molecule has 2 aliphatic heterocycles. The monoisotopic (exact) mass is 426 g/mol. The number of rotatable bonds is 7. The molecule has 2 saturated heterocycles. The molecule has 4 rings (SSSR count). The molecule has 2 fully saturated rings. The smallest absolute Gasteiger partial charge is 0.245 e. The van der Waals surface area contributed by atoms with Crippen LogP contribution in [0.5, 0.6) is 0 Å². The van der Waals surface area contributed by atoms with Gasteiger partial charge in [0, 0.05) is 24.4 Å². The summed E-state index contributed by atoms with van der Waals surface area (Å²) in [5.74, 6) is 0.0957. The highest BCUT2D eigenvalue weighted by molar-refractivity contribution is 7.10. The van der Waals surface area contributed by atoms with Crippen LogP contribution in [-0.4, -0.2) is 51.9 Å². The topological polar surface area (TPSA) is 60.9 Å². The van der Waals surface area contributed by atoms with Crippen LogP contribution in [-0.2, 0) is 16.0 Å². The van der Waals surface area contributed by atoms with E-state index in [1.54, 1.807) is 4.90 Å². The van der Waals surface area contributed by atoms with E-state index in [1.165, 1.54) is 16.9 Å². The Kier molecular flexibility index (Phi) is 6.85. The van der Waals surface area contributed by atoms with Gasteiger partial charge in [0.2, 0.25) is 11.8 Å². The van der Waals surface area contributed by atoms with Crippen molar-refractivity contribution >= 4 is 23.2 Å². The predicted molar refractivity (Wildman–Crippen MR) is 118 cm³/mol. The first kappa shape index (κ1) is 21.1. The Morgan fingerprint density at radius 1 is 1.03 bits per heavy atom. The minimum atomic E-state index is -0.645. The van der Waals surface area contributed by atoms with Crippen molar-refractivity contribution in [3.05, 3.63) is 58.3 Å². The van der Waals surface area contributed by atoms with Gasteiger partial charge in [-0.25, -0.2) is 0 Å². The maximum atomic E-state index is 13.4. The second-order valence-corrected chi connectivity index (χ2v) is 9.27. The van der Waals surface area contributed by atoms with E-state index in [-0.39, 0.29) is 23.9 Å². The molecule has 1 N–H and O–H groups in total. The molecule has 1 aromatic heterocycles. The van der Waals surface area contributed by atoms with Crippen molar-refractivity contribution in [1.82, 2.24) is 9.80 Å². The summed E-state index contributed by atoms with van der Waals surface area (Å²) < 4.78 is 0. The molecule has 30 heavy (non-hydrogen) atoms. The maximum absolute atomic E-state index is 13.4. The van der Waals surface area contributed by atoms with Crippen molar-refractivity contribution in [2.75, 3.05) is 13.1 Å². The molecule has 2 aromatic rings. The van der Waals surface area contributed by atoms with E-state index in [0.717, 1.165) is 43.4 Å². The molecule has 3 heterocycles. The number of aliphatic hydroxyl groups is 1. The first-order chi connectivity index (χ1) is 14.6. The average Bonchev–Trinajstić information content (AvgIpc) is 3.55. The molecule has 5 nitrogen and oxygen atoms in total. The van der Waals surface area contributed by atoms with Gasteiger partial charge in [-0.3, -0.25) is 9.59 Å². The van der Waals surface area contributed by atoms with Gasteiger partial charge in [-0.1, -0.05) is 36.4 Å². The third-order valence-electron chi connectivity index (χ3n) is 6.34. The lowest BCUT2D eigenvalue weighted by Gasteiger charge is -2.33. The van der Waals surface area contributed by atoms with Crippen molar-refractivity contribution in [2.24, 2.45) is 0 Å². The number of amides is 2. The van der Waals surface area contributed by atoms with E-state index in [1.807, 2.05) is 40.6 Å². The summed E-state index contributed by atoms with van der Waals surface area (Å²) in [7, 11) is 0. The number of likely N-dealkylation sites (tertiary alicyclic amines) is 2. The highest BCUT2D eigenvalue weighted by atomic mass is 32.1. The number of benzene rings is 1. The predicted octanol–water partition coefficient (Wildman–Crippen LogP) is 3.79. The number of thiophene rings is 1. The zero-order chi connectivity index (χ0) is 20.9. The Hall–Kier alpha value is -2.18. The quantitative estimate of drug-likeness (QED) is 0.733. The second kappa shape index (κ2) is 9.75. The number of hydrogen-bond acceptors (Lipinski definition) is 4. The van der Waals surface area contributed by atoms with Crippen molar-refractivity contribution in [2.45, 2.75) is 63.1 Å². The molecule has 6 heteroatoms. The van der Waals surface area contributed by atoms with Crippen LogP contribution in [0.3, 0.4) is 0 Å². The zero-order valence-corrected chi connectivity index (χ0v) is 18.1. The number of aryl methyl sites for hydroxylation is 1. The molecule has 2 aliphatic rings. The van der Waals surface area contributed by atoms with E-state index in [0.29, 0.717) is 19.5 Å². The summed E-state index contributed by atoms with van der Waals surface area (Å²) in [6.07, 6.45) is 4.80. The maximum Gasteiger partial charge on any atom is 0.245 e. The van der Waals surface area contributed by atoms with Gasteiger partial charge in [-0.15, -0.1) is 11.3 Å². The first-order valence-corrected chi connectivity index (χ1v) is 11.9. The molecular weight excluding hydrogens is 396 g/mol. The Bertz CT molecular complexity index is 839. The van der Waals surface area contributed by atoms with E-state index in [2.05, 4.69) is 12.1 Å². The molecule has 0 bridgehead atoms. The van der Waals surface area contributed by atoms with Crippen LogP contribution in [0.1, 0.15) is 55.1 Å². The summed E-state index contributed by atoms with van der Waals surface area (Å²) in [5.41, 5.74) is 1.24. The highest BCUT2D eigenvalue weighted by Crippen LogP contribution is 2.33. The van der Waals surface area contributed by atoms with E-state index in [9.17, 15) is 14.7 Å². The van der Waals surface area contributed by atoms with Gasteiger partial charge < -0.3 is 14.9 Å². The van der Waals surface area contributed by atoms with E-state index in [4.69, 9.17) is 0 Å². The fourth-order valence-corrected chi connectivity index (χ4v) is 5.56. The summed E-state index contributed by atoms with van der Waals surface area (Å²) in [5, 5.41) is 12.8. The Morgan fingerprint density at radius 3 is 2.57 bits per heavy atom. The molecule has 0 radical (unpaired) electrons. The number of aliphatic hydroxyl groups excluding tert-OH is 1. The summed E-state index contributed by atoms with van der Waals surface area (Å²) in [6.45, 7) is 1.32. The molecule has 0 saturated carbocycles. The minimum Gasteiger partial charge on any atom is -0.385 e. The summed E-state index contributed by atoms with van der Waals surface area (Å²) in [4.78, 5) is 30.8. The number of carbonyl (C=O) groups is 2. The van der Waals surface area contributed by atoms with Gasteiger partial charge >= 0.3 is 0 Å². The molecule has 2 amide bonds. The largest absolute Gasteiger partial charge is 0.385 e. The molecule has 0 spiro atoms. The third kappa shape index (κ3) is 4.60. The lowest BCUT2D eigenvalue weighted by Crippen LogP contribution is -2.50. The molecular formula is C24H30N2O3S. The average molecular weight is 427 g/mol. The van der Waals surface area contributed by atoms with Crippen LogP contribution >= 0.6 is 11.3 Å². The van der Waals surface area contributed by atoms with Gasteiger partial charge in [0.05, 0.1) is 6.04 Å².